The monoisotopic (exact) mass is 1820 g/mol. The minimum atomic E-state index is -1.42. The molecule has 1 saturated heterocycles. The standard InChI is InChI=1S/C77H134N18O30S/c1-56(2)53-125-54-57(96)55-126-58-40-62(100)95(77(58)118)24-13-60(98)82-20-11-9-10-12-61(99)86(25-17-78)45-71(109)90(29-35-120-4)48-64(102)84(22-15-75(114)115)43-69(107)93(32-38-123-7)51-67(105)88(27-19-80)47-73(111)92(31-37-122-6)50-65(103)85(23-16-76(116)117)44-70(108)94(33-39-124-8)52-66(104)87(26-18-79)46-72(110)91(30-36-121-5)49-63(101)83(21-14-74(112)113)42-68(106)89(28-34-119-3)41-59(81)97/h56-58,96H,9-55,78-80H2,1-8H3,(H2,81,97)(H,82,98)(H,112,113)(H,114,115)(H,116,117). The van der Waals surface area contributed by atoms with Crippen LogP contribution >= 0.6 is 11.8 Å². The lowest BCUT2D eigenvalue weighted by Crippen LogP contribution is -2.54. The SMILES string of the molecule is COCCN(CC(N)=O)C(=O)CN(CCC(=O)O)C(=O)CN(CCOC)C(=O)CN(CCN)C(=O)CN(CCOC)C(=O)CN(CCC(=O)O)C(=O)CN(CCOC)C(=O)CN(CCN)C(=O)CN(CCOC)C(=O)CN(CCC(=O)O)C(=O)CN(CCOC)C(=O)CN(CCN)C(=O)CCCCCNC(=O)CCN1C(=O)CC(SCC(O)COCC(C)C)C1=O. The molecule has 0 bridgehead atoms. The number of nitrogens with zero attached hydrogens (tertiary/aromatic N) is 13. The third-order valence-corrected chi connectivity index (χ3v) is 20.3. The second-order valence-corrected chi connectivity index (χ2v) is 30.6. The first-order chi connectivity index (χ1) is 59.9. The summed E-state index contributed by atoms with van der Waals surface area (Å²) in [7, 11) is 7.77. The molecule has 1 heterocycles. The van der Waals surface area contributed by atoms with Crippen molar-refractivity contribution in [3.8, 4) is 0 Å². The predicted molar refractivity (Wildman–Crippen MR) is 449 cm³/mol. The molecule has 1 rings (SSSR count). The number of thioether (sulfide) groups is 1. The van der Waals surface area contributed by atoms with Gasteiger partial charge in [-0.2, -0.15) is 0 Å². The van der Waals surface area contributed by atoms with E-state index in [0.717, 1.165) is 70.6 Å². The van der Waals surface area contributed by atoms with Crippen LogP contribution in [0.15, 0.2) is 0 Å². The zero-order valence-electron chi connectivity index (χ0n) is 73.9. The maximum absolute atomic E-state index is 14.5. The Morgan fingerprint density at radius 2 is 0.667 bits per heavy atom. The van der Waals surface area contributed by atoms with Gasteiger partial charge >= 0.3 is 17.9 Å². The smallest absolute Gasteiger partial charge is 0.305 e. The van der Waals surface area contributed by atoms with Gasteiger partial charge in [-0.15, -0.1) is 11.8 Å². The Hall–Kier alpha value is -9.96. The van der Waals surface area contributed by atoms with Gasteiger partial charge in [-0.1, -0.05) is 20.3 Å². The molecule has 0 aromatic rings. The fourth-order valence-corrected chi connectivity index (χ4v) is 13.0. The second kappa shape index (κ2) is 65.6. The van der Waals surface area contributed by atoms with Gasteiger partial charge in [0.1, 0.15) is 0 Å². The summed E-state index contributed by atoms with van der Waals surface area (Å²) in [6, 6.07) is 0. The van der Waals surface area contributed by atoms with Gasteiger partial charge in [-0.3, -0.25) is 96.0 Å². The number of aliphatic carboxylic acids is 3. The van der Waals surface area contributed by atoms with E-state index in [2.05, 4.69) is 5.32 Å². The number of carboxylic acid groups (broad SMARTS) is 3. The fourth-order valence-electron chi connectivity index (χ4n) is 12.0. The van der Waals surface area contributed by atoms with Crippen LogP contribution < -0.4 is 28.3 Å². The summed E-state index contributed by atoms with van der Waals surface area (Å²) in [4.78, 5) is 269. The summed E-state index contributed by atoms with van der Waals surface area (Å²) in [6.07, 6.45) is -1.94. The molecule has 2 unspecified atom stereocenters. The van der Waals surface area contributed by atoms with Crippen LogP contribution in [0.1, 0.15) is 71.6 Å². The van der Waals surface area contributed by atoms with Crippen LogP contribution in [0.2, 0.25) is 0 Å². The predicted octanol–water partition coefficient (Wildman–Crippen LogP) is -8.45. The maximum Gasteiger partial charge on any atom is 0.305 e. The van der Waals surface area contributed by atoms with Crippen LogP contribution in [0.25, 0.3) is 0 Å². The lowest BCUT2D eigenvalue weighted by molar-refractivity contribution is -0.150. The third kappa shape index (κ3) is 47.6. The highest BCUT2D eigenvalue weighted by molar-refractivity contribution is 8.00. The molecule has 1 aliphatic heterocycles. The summed E-state index contributed by atoms with van der Waals surface area (Å²) < 4.78 is 36.5. The lowest BCUT2D eigenvalue weighted by atomic mass is 10.1. The van der Waals surface area contributed by atoms with Gasteiger partial charge < -0.3 is 141 Å². The molecular weight excluding hydrogens is 1690 g/mol. The molecule has 13 N–H and O–H groups in total. The topological polar surface area (TPSA) is 628 Å². The van der Waals surface area contributed by atoms with Gasteiger partial charge in [0.05, 0.1) is 155 Å². The molecule has 0 saturated carbocycles. The number of hydrogen-bond donors (Lipinski definition) is 9. The Morgan fingerprint density at radius 3 is 0.937 bits per heavy atom. The number of carboxylic acids is 3. The summed E-state index contributed by atoms with van der Waals surface area (Å²) in [6.45, 7) is -10.4. The highest BCUT2D eigenvalue weighted by Gasteiger charge is 2.40. The quantitative estimate of drug-likeness (QED) is 0.0202. The van der Waals surface area contributed by atoms with Gasteiger partial charge in [0, 0.05) is 186 Å². The number of aliphatic hydroxyl groups excluding tert-OH is 1. The molecule has 49 heteroatoms. The highest BCUT2D eigenvalue weighted by Crippen LogP contribution is 2.26. The first-order valence-electron chi connectivity index (χ1n) is 41.2. The fraction of sp³-hybridized carbons (Fsp3) is 0.753. The summed E-state index contributed by atoms with van der Waals surface area (Å²) >= 11 is 1.16. The zero-order chi connectivity index (χ0) is 94.8. The van der Waals surface area contributed by atoms with E-state index in [1.54, 1.807) is 0 Å². The number of nitrogens with two attached hydrogens (primary N) is 4. The van der Waals surface area contributed by atoms with E-state index in [-0.39, 0.29) is 169 Å². The molecule has 48 nitrogen and oxygen atoms in total. The third-order valence-electron chi connectivity index (χ3n) is 18.9. The molecule has 718 valence electrons. The molecule has 0 radical (unpaired) electrons. The van der Waals surface area contributed by atoms with Crippen molar-refractivity contribution in [2.75, 3.05) is 291 Å². The molecule has 0 spiro atoms. The number of rotatable bonds is 73. The van der Waals surface area contributed by atoms with E-state index in [1.807, 2.05) is 13.8 Å². The number of imide groups is 1. The van der Waals surface area contributed by atoms with Crippen molar-refractivity contribution < 1.29 is 145 Å². The number of ether oxygens (including phenoxy) is 7. The Bertz CT molecular complexity index is 3480. The summed E-state index contributed by atoms with van der Waals surface area (Å²) in [5.41, 5.74) is 23.1. The van der Waals surface area contributed by atoms with Crippen LogP contribution in [-0.4, -0.2) is 499 Å². The van der Waals surface area contributed by atoms with Gasteiger partial charge in [-0.05, 0) is 18.8 Å². The number of carbonyl (C=O) groups excluding carboxylic acids is 16. The van der Waals surface area contributed by atoms with Gasteiger partial charge in [0.25, 0.3) is 0 Å². The van der Waals surface area contributed by atoms with E-state index in [4.69, 9.17) is 56.1 Å². The first-order valence-corrected chi connectivity index (χ1v) is 42.2. The number of nitrogens with one attached hydrogen (secondary N) is 1. The molecule has 0 aliphatic carbocycles. The van der Waals surface area contributed by atoms with E-state index in [1.165, 1.54) is 47.6 Å². The molecule has 126 heavy (non-hydrogen) atoms. The Labute approximate surface area is 737 Å². The summed E-state index contributed by atoms with van der Waals surface area (Å²) in [5, 5.41) is 41.4. The van der Waals surface area contributed by atoms with E-state index >= 15 is 0 Å². The number of aliphatic hydroxyl groups is 1. The Balaban J connectivity index is 3.41. The van der Waals surface area contributed by atoms with Gasteiger partial charge in [0.15, 0.2) is 0 Å². The molecule has 0 aromatic heterocycles. The van der Waals surface area contributed by atoms with Crippen LogP contribution in [0.4, 0.5) is 0 Å². The number of methoxy groups -OCH3 is 6. The number of unbranched alkanes of at least 4 members (excludes halogenated alkanes) is 2. The highest BCUT2D eigenvalue weighted by atomic mass is 32.2. The normalized spacial score (nSPS) is 12.5. The molecule has 1 aliphatic rings. The van der Waals surface area contributed by atoms with E-state index < -0.39 is 241 Å². The number of amides is 16. The molecular formula is C77H134N18O30S. The van der Waals surface area contributed by atoms with Crippen molar-refractivity contribution in [1.29, 1.82) is 0 Å². The average molecular weight is 1820 g/mol. The van der Waals surface area contributed by atoms with Gasteiger partial charge in [0.2, 0.25) is 94.5 Å². The summed E-state index contributed by atoms with van der Waals surface area (Å²) in [5.74, 6) is -16.3. The van der Waals surface area contributed by atoms with E-state index in [0.29, 0.717) is 25.9 Å². The minimum Gasteiger partial charge on any atom is -0.481 e. The lowest BCUT2D eigenvalue weighted by Gasteiger charge is -2.33. The second-order valence-electron chi connectivity index (χ2n) is 29.4. The van der Waals surface area contributed by atoms with Crippen LogP contribution in [0, 0.1) is 5.92 Å². The van der Waals surface area contributed by atoms with Gasteiger partial charge in [-0.25, -0.2) is 0 Å². The van der Waals surface area contributed by atoms with Crippen molar-refractivity contribution in [3.63, 3.8) is 0 Å². The number of likely N-dealkylation sites (tertiary alicyclic amines) is 1. The van der Waals surface area contributed by atoms with Crippen molar-refractivity contribution in [2.45, 2.75) is 83.0 Å². The Kier molecular flexibility index (Phi) is 59.4. The molecule has 16 amide bonds. The van der Waals surface area contributed by atoms with Crippen LogP contribution in [0.3, 0.4) is 0 Å². The zero-order valence-corrected chi connectivity index (χ0v) is 74.7. The molecule has 0 aromatic carbocycles. The van der Waals surface area contributed by atoms with Crippen molar-refractivity contribution in [2.24, 2.45) is 28.9 Å². The van der Waals surface area contributed by atoms with Crippen LogP contribution in [0.5, 0.6) is 0 Å². The number of primary amides is 1. The largest absolute Gasteiger partial charge is 0.481 e. The van der Waals surface area contributed by atoms with Crippen molar-refractivity contribution >= 4 is 124 Å². The number of hydrogen-bond acceptors (Lipinski definition) is 31. The van der Waals surface area contributed by atoms with Crippen molar-refractivity contribution in [3.05, 3.63) is 0 Å². The average Bonchev–Trinajstić information content (AvgIpc) is 1.67. The Morgan fingerprint density at radius 1 is 0.389 bits per heavy atom. The van der Waals surface area contributed by atoms with E-state index in [9.17, 15) is 112 Å². The molecule has 2 atom stereocenters. The first kappa shape index (κ1) is 114. The minimum absolute atomic E-state index is 0.0335. The van der Waals surface area contributed by atoms with Crippen molar-refractivity contribution in [1.82, 2.24) is 69.0 Å². The van der Waals surface area contributed by atoms with Crippen LogP contribution in [-0.2, 0) is 124 Å². The molecule has 1 fully saturated rings. The number of carbonyl (C=O) groups is 19. The maximum atomic E-state index is 14.5.